The van der Waals surface area contributed by atoms with E-state index in [1.54, 1.807) is 0 Å². The van der Waals surface area contributed by atoms with Crippen molar-refractivity contribution in [1.29, 1.82) is 0 Å². The number of nitrogens with zero attached hydrogens (tertiary/aromatic N) is 1. The SMILES string of the molecule is CC.CC.CSC(=S)Nc1ccccc1.S=C=Nc1ccccc1. The number of nitrogens with one attached hydrogen (secondary N) is 1. The summed E-state index contributed by atoms with van der Waals surface area (Å²) in [6.07, 6.45) is 1.96. The molecule has 0 aromatic heterocycles. The lowest BCUT2D eigenvalue weighted by Gasteiger charge is -2.03. The van der Waals surface area contributed by atoms with Crippen LogP contribution in [0, 0.1) is 0 Å². The van der Waals surface area contributed by atoms with Gasteiger partial charge in [0.25, 0.3) is 0 Å². The Morgan fingerprint density at radius 3 is 1.79 bits per heavy atom. The summed E-state index contributed by atoms with van der Waals surface area (Å²) < 4.78 is 0.802. The quantitative estimate of drug-likeness (QED) is 0.440. The molecule has 2 aromatic rings. The fourth-order valence-electron chi connectivity index (χ4n) is 1.25. The van der Waals surface area contributed by atoms with E-state index in [1.807, 2.05) is 94.6 Å². The Balaban J connectivity index is 0. The normalized spacial score (nSPS) is 7.71. The average Bonchev–Trinajstić information content (AvgIpc) is 2.67. The van der Waals surface area contributed by atoms with Crippen LogP contribution in [-0.4, -0.2) is 15.7 Å². The summed E-state index contributed by atoms with van der Waals surface area (Å²) in [5.41, 5.74) is 1.90. The van der Waals surface area contributed by atoms with Gasteiger partial charge in [-0.15, -0.1) is 11.8 Å². The average molecular weight is 379 g/mol. The Kier molecular flexibility index (Phi) is 20.1. The molecule has 0 fully saturated rings. The third-order valence-corrected chi connectivity index (χ3v) is 3.30. The number of anilines is 1. The van der Waals surface area contributed by atoms with Crippen molar-refractivity contribution >= 4 is 57.1 Å². The smallest absolute Gasteiger partial charge is 0.137 e. The van der Waals surface area contributed by atoms with Crippen molar-refractivity contribution in [3.05, 3.63) is 60.7 Å². The standard InChI is InChI=1S/C8H9NS2.C7H5NS.2C2H6/c1-11-8(10)9-7-5-3-2-4-6-7;9-6-8-7-4-2-1-3-5-7;2*1-2/h2-6H,1H3,(H,9,10);1-5H;2*1-2H3. The molecule has 0 amide bonds. The highest BCUT2D eigenvalue weighted by Gasteiger charge is 1.92. The van der Waals surface area contributed by atoms with E-state index in [0.29, 0.717) is 0 Å². The van der Waals surface area contributed by atoms with Crippen molar-refractivity contribution in [1.82, 2.24) is 0 Å². The Bertz CT molecular complexity index is 566. The van der Waals surface area contributed by atoms with E-state index in [2.05, 4.69) is 27.7 Å². The minimum Gasteiger partial charge on any atom is -0.341 e. The van der Waals surface area contributed by atoms with Crippen molar-refractivity contribution in [3.8, 4) is 0 Å². The molecule has 0 atom stereocenters. The first-order valence-electron chi connectivity index (χ1n) is 7.79. The molecule has 0 bridgehead atoms. The van der Waals surface area contributed by atoms with Crippen molar-refractivity contribution in [2.24, 2.45) is 4.99 Å². The molecule has 1 N–H and O–H groups in total. The van der Waals surface area contributed by atoms with Gasteiger partial charge in [0.05, 0.1) is 10.8 Å². The van der Waals surface area contributed by atoms with Gasteiger partial charge in [0.1, 0.15) is 4.32 Å². The molecule has 0 aliphatic carbocycles. The zero-order valence-corrected chi connectivity index (χ0v) is 17.4. The fourth-order valence-corrected chi connectivity index (χ4v) is 1.69. The van der Waals surface area contributed by atoms with Gasteiger partial charge >= 0.3 is 0 Å². The predicted octanol–water partition coefficient (Wildman–Crippen LogP) is 7.22. The van der Waals surface area contributed by atoms with E-state index in [0.717, 1.165) is 15.7 Å². The molecule has 0 radical (unpaired) electrons. The minimum absolute atomic E-state index is 0.802. The van der Waals surface area contributed by atoms with Crippen LogP contribution in [0.15, 0.2) is 65.7 Å². The lowest BCUT2D eigenvalue weighted by atomic mass is 10.3. The molecule has 0 heterocycles. The third kappa shape index (κ3) is 14.1. The van der Waals surface area contributed by atoms with Crippen molar-refractivity contribution in [2.75, 3.05) is 11.6 Å². The van der Waals surface area contributed by atoms with E-state index in [1.165, 1.54) is 11.8 Å². The zero-order chi connectivity index (χ0) is 18.6. The summed E-state index contributed by atoms with van der Waals surface area (Å²) in [4.78, 5) is 3.77. The van der Waals surface area contributed by atoms with Crippen molar-refractivity contribution in [2.45, 2.75) is 27.7 Å². The second-order valence-corrected chi connectivity index (χ2v) is 5.19. The van der Waals surface area contributed by atoms with Crippen LogP contribution < -0.4 is 5.32 Å². The van der Waals surface area contributed by atoms with Gasteiger partial charge in [0.15, 0.2) is 0 Å². The van der Waals surface area contributed by atoms with E-state index in [-0.39, 0.29) is 0 Å². The monoisotopic (exact) mass is 378 g/mol. The summed E-state index contributed by atoms with van der Waals surface area (Å²) in [6.45, 7) is 8.00. The first-order chi connectivity index (χ1) is 11.8. The van der Waals surface area contributed by atoms with Gasteiger partial charge in [-0.3, -0.25) is 0 Å². The van der Waals surface area contributed by atoms with Gasteiger partial charge in [0, 0.05) is 5.69 Å². The van der Waals surface area contributed by atoms with Gasteiger partial charge in [-0.05, 0) is 42.7 Å². The van der Waals surface area contributed by atoms with E-state index in [9.17, 15) is 0 Å². The minimum atomic E-state index is 0.802. The third-order valence-electron chi connectivity index (χ3n) is 2.14. The molecular weight excluding hydrogens is 352 g/mol. The zero-order valence-electron chi connectivity index (χ0n) is 14.9. The summed E-state index contributed by atoms with van der Waals surface area (Å²) in [6, 6.07) is 19.4. The summed E-state index contributed by atoms with van der Waals surface area (Å²) in [7, 11) is 0. The highest BCUT2D eigenvalue weighted by Crippen LogP contribution is 2.08. The number of thioether (sulfide) groups is 1. The lowest BCUT2D eigenvalue weighted by molar-refractivity contribution is 1.50. The summed E-state index contributed by atoms with van der Waals surface area (Å²) >= 11 is 10.9. The van der Waals surface area contributed by atoms with Gasteiger partial charge in [0.2, 0.25) is 0 Å². The number of para-hydroxylation sites is 2. The van der Waals surface area contributed by atoms with Gasteiger partial charge in [-0.2, -0.15) is 4.99 Å². The molecule has 24 heavy (non-hydrogen) atoms. The molecule has 130 valence electrons. The number of isothiocyanates is 1. The Hall–Kier alpha value is -1.52. The number of aliphatic imine (C=N–C) groups is 1. The van der Waals surface area contributed by atoms with E-state index in [4.69, 9.17) is 12.2 Å². The number of hydrogen-bond acceptors (Lipinski definition) is 4. The number of benzene rings is 2. The van der Waals surface area contributed by atoms with E-state index < -0.39 is 0 Å². The van der Waals surface area contributed by atoms with Crippen LogP contribution in [0.2, 0.25) is 0 Å². The van der Waals surface area contributed by atoms with Crippen molar-refractivity contribution < 1.29 is 0 Å². The fraction of sp³-hybridized carbons (Fsp3) is 0.263. The largest absolute Gasteiger partial charge is 0.341 e. The molecule has 0 spiro atoms. The molecule has 0 unspecified atom stereocenters. The van der Waals surface area contributed by atoms with Crippen LogP contribution in [0.1, 0.15) is 27.7 Å². The summed E-state index contributed by atoms with van der Waals surface area (Å²) in [5.74, 6) is 0. The number of rotatable bonds is 2. The molecular formula is C19H26N2S3. The van der Waals surface area contributed by atoms with Gasteiger partial charge < -0.3 is 5.32 Å². The van der Waals surface area contributed by atoms with Crippen LogP contribution in [0.5, 0.6) is 0 Å². The first kappa shape index (κ1) is 24.7. The maximum absolute atomic E-state index is 4.99. The lowest BCUT2D eigenvalue weighted by Crippen LogP contribution is -2.02. The molecule has 0 saturated carbocycles. The van der Waals surface area contributed by atoms with Crippen molar-refractivity contribution in [3.63, 3.8) is 0 Å². The molecule has 0 aliphatic heterocycles. The Morgan fingerprint density at radius 2 is 1.38 bits per heavy atom. The highest BCUT2D eigenvalue weighted by molar-refractivity contribution is 8.22. The Morgan fingerprint density at radius 1 is 0.917 bits per heavy atom. The molecule has 0 aliphatic rings. The first-order valence-corrected chi connectivity index (χ1v) is 9.83. The number of hydrogen-bond donors (Lipinski definition) is 1. The number of thiocarbonyl (C=S) groups is 2. The predicted molar refractivity (Wildman–Crippen MR) is 120 cm³/mol. The highest BCUT2D eigenvalue weighted by atomic mass is 32.2. The maximum atomic E-state index is 4.99. The molecule has 2 aromatic carbocycles. The Labute approximate surface area is 161 Å². The van der Waals surface area contributed by atoms with E-state index >= 15 is 0 Å². The van der Waals surface area contributed by atoms with Gasteiger partial charge in [-0.1, -0.05) is 76.3 Å². The van der Waals surface area contributed by atoms with Crippen LogP contribution in [0.4, 0.5) is 11.4 Å². The molecule has 2 nitrogen and oxygen atoms in total. The van der Waals surface area contributed by atoms with Gasteiger partial charge in [-0.25, -0.2) is 0 Å². The van der Waals surface area contributed by atoms with Crippen LogP contribution in [-0.2, 0) is 0 Å². The van der Waals surface area contributed by atoms with Crippen LogP contribution >= 0.6 is 36.2 Å². The second-order valence-electron chi connectivity index (χ2n) is 3.52. The van der Waals surface area contributed by atoms with Crippen LogP contribution in [0.25, 0.3) is 0 Å². The molecule has 2 rings (SSSR count). The van der Waals surface area contributed by atoms with Crippen LogP contribution in [0.3, 0.4) is 0 Å². The summed E-state index contributed by atoms with van der Waals surface area (Å²) in [5, 5.41) is 5.38. The topological polar surface area (TPSA) is 24.4 Å². The molecule has 0 saturated heterocycles. The second kappa shape index (κ2) is 19.5. The molecule has 5 heteroatoms. The maximum Gasteiger partial charge on any atom is 0.137 e.